The molecular weight excluding hydrogens is 278 g/mol. The van der Waals surface area contributed by atoms with Crippen molar-refractivity contribution in [3.05, 3.63) is 48.4 Å². The lowest BCUT2D eigenvalue weighted by atomic mass is 10.0. The minimum atomic E-state index is -0.0509. The number of nitrogens with zero attached hydrogens (tertiary/aromatic N) is 2. The molecule has 5 heteroatoms. The molecule has 5 nitrogen and oxygen atoms in total. The first kappa shape index (κ1) is 13.4. The zero-order chi connectivity index (χ0) is 14.9. The van der Waals surface area contributed by atoms with Crippen molar-refractivity contribution in [3.63, 3.8) is 0 Å². The molecule has 0 aliphatic carbocycles. The number of hydrogen-bond donors (Lipinski definition) is 1. The van der Waals surface area contributed by atoms with Crippen LogP contribution in [0.1, 0.15) is 18.9 Å². The van der Waals surface area contributed by atoms with Gasteiger partial charge in [-0.05, 0) is 17.7 Å². The summed E-state index contributed by atoms with van der Waals surface area (Å²) in [6.07, 6.45) is 0.0227. The van der Waals surface area contributed by atoms with Crippen molar-refractivity contribution in [3.8, 4) is 11.4 Å². The Bertz CT molecular complexity index is 794. The standard InChI is InChI=1S/C17H17N3O2/c1-11-15(18-9-10-21-11)17-19-16(20-22-17)14-8-4-6-12-5-2-3-7-13(12)14/h2-8,11,15,18H,9-10H2,1H3/t11-,15+/m1/s1. The fourth-order valence-electron chi connectivity index (χ4n) is 2.90. The van der Waals surface area contributed by atoms with Gasteiger partial charge in [0, 0.05) is 12.1 Å². The first-order chi connectivity index (χ1) is 10.8. The molecule has 0 amide bonds. The van der Waals surface area contributed by atoms with Crippen molar-refractivity contribution in [1.82, 2.24) is 15.5 Å². The summed E-state index contributed by atoms with van der Waals surface area (Å²) >= 11 is 0. The lowest BCUT2D eigenvalue weighted by Crippen LogP contribution is -2.40. The number of aromatic nitrogens is 2. The van der Waals surface area contributed by atoms with Gasteiger partial charge in [0.15, 0.2) is 0 Å². The van der Waals surface area contributed by atoms with Crippen LogP contribution in [0.15, 0.2) is 47.0 Å². The average Bonchev–Trinajstić information content (AvgIpc) is 3.04. The van der Waals surface area contributed by atoms with Crippen LogP contribution in [-0.4, -0.2) is 29.4 Å². The minimum absolute atomic E-state index is 0.0227. The van der Waals surface area contributed by atoms with Gasteiger partial charge in [0.05, 0.1) is 12.7 Å². The van der Waals surface area contributed by atoms with E-state index in [1.807, 2.05) is 31.2 Å². The van der Waals surface area contributed by atoms with Gasteiger partial charge >= 0.3 is 0 Å². The maximum absolute atomic E-state index is 5.64. The summed E-state index contributed by atoms with van der Waals surface area (Å²) in [4.78, 5) is 4.58. The third kappa shape index (κ3) is 2.28. The van der Waals surface area contributed by atoms with Crippen LogP contribution in [0.5, 0.6) is 0 Å². The van der Waals surface area contributed by atoms with E-state index in [4.69, 9.17) is 9.26 Å². The molecule has 1 aliphatic rings. The van der Waals surface area contributed by atoms with E-state index in [1.54, 1.807) is 0 Å². The molecule has 2 aromatic carbocycles. The Morgan fingerprint density at radius 2 is 2.00 bits per heavy atom. The van der Waals surface area contributed by atoms with Crippen molar-refractivity contribution in [1.29, 1.82) is 0 Å². The second kappa shape index (κ2) is 5.51. The fraction of sp³-hybridized carbons (Fsp3) is 0.294. The number of hydrogen-bond acceptors (Lipinski definition) is 5. The highest BCUT2D eigenvalue weighted by molar-refractivity contribution is 5.94. The smallest absolute Gasteiger partial charge is 0.246 e. The minimum Gasteiger partial charge on any atom is -0.375 e. The largest absolute Gasteiger partial charge is 0.375 e. The normalized spacial score (nSPS) is 22.0. The molecule has 1 N–H and O–H groups in total. The summed E-state index contributed by atoms with van der Waals surface area (Å²) in [5, 5.41) is 9.82. The van der Waals surface area contributed by atoms with Gasteiger partial charge in [-0.25, -0.2) is 0 Å². The molecule has 0 bridgehead atoms. The average molecular weight is 295 g/mol. The number of ether oxygens (including phenoxy) is 1. The van der Waals surface area contributed by atoms with Crippen molar-refractivity contribution < 1.29 is 9.26 Å². The Morgan fingerprint density at radius 3 is 2.91 bits per heavy atom. The molecule has 0 spiro atoms. The maximum Gasteiger partial charge on any atom is 0.246 e. The summed E-state index contributed by atoms with van der Waals surface area (Å²) in [6, 6.07) is 14.3. The zero-order valence-corrected chi connectivity index (χ0v) is 12.3. The number of morpholine rings is 1. The van der Waals surface area contributed by atoms with Crippen LogP contribution in [0.3, 0.4) is 0 Å². The van der Waals surface area contributed by atoms with Gasteiger partial charge in [0.1, 0.15) is 6.04 Å². The fourth-order valence-corrected chi connectivity index (χ4v) is 2.90. The van der Waals surface area contributed by atoms with Gasteiger partial charge in [0.2, 0.25) is 11.7 Å². The monoisotopic (exact) mass is 295 g/mol. The van der Waals surface area contributed by atoms with Crippen molar-refractivity contribution in [2.24, 2.45) is 0 Å². The Labute approximate surface area is 128 Å². The first-order valence-electron chi connectivity index (χ1n) is 7.49. The van der Waals surface area contributed by atoms with E-state index in [-0.39, 0.29) is 12.1 Å². The van der Waals surface area contributed by atoms with Crippen LogP contribution in [0.2, 0.25) is 0 Å². The van der Waals surface area contributed by atoms with Crippen molar-refractivity contribution >= 4 is 10.8 Å². The molecule has 22 heavy (non-hydrogen) atoms. The third-order valence-electron chi connectivity index (χ3n) is 4.05. The molecule has 0 radical (unpaired) electrons. The van der Waals surface area contributed by atoms with E-state index in [1.165, 1.54) is 5.39 Å². The third-order valence-corrected chi connectivity index (χ3v) is 4.05. The second-order valence-electron chi connectivity index (χ2n) is 5.49. The predicted octanol–water partition coefficient (Wildman–Crippen LogP) is 2.94. The quantitative estimate of drug-likeness (QED) is 0.787. The van der Waals surface area contributed by atoms with Gasteiger partial charge < -0.3 is 14.6 Å². The summed E-state index contributed by atoms with van der Waals surface area (Å²) in [5.74, 6) is 1.20. The van der Waals surface area contributed by atoms with Gasteiger partial charge in [-0.2, -0.15) is 4.98 Å². The van der Waals surface area contributed by atoms with Crippen LogP contribution in [0.25, 0.3) is 22.2 Å². The summed E-state index contributed by atoms with van der Waals surface area (Å²) in [5.41, 5.74) is 0.984. The van der Waals surface area contributed by atoms with E-state index in [0.717, 1.165) is 17.5 Å². The van der Waals surface area contributed by atoms with Crippen LogP contribution >= 0.6 is 0 Å². The Balaban J connectivity index is 1.74. The molecule has 1 saturated heterocycles. The number of rotatable bonds is 2. The van der Waals surface area contributed by atoms with Crippen LogP contribution in [-0.2, 0) is 4.74 Å². The number of nitrogens with one attached hydrogen (secondary N) is 1. The van der Waals surface area contributed by atoms with E-state index < -0.39 is 0 Å². The highest BCUT2D eigenvalue weighted by Gasteiger charge is 2.28. The van der Waals surface area contributed by atoms with Crippen LogP contribution < -0.4 is 5.32 Å². The van der Waals surface area contributed by atoms with Crippen LogP contribution in [0.4, 0.5) is 0 Å². The highest BCUT2D eigenvalue weighted by Crippen LogP contribution is 2.28. The maximum atomic E-state index is 5.64. The summed E-state index contributed by atoms with van der Waals surface area (Å²) in [6.45, 7) is 3.52. The van der Waals surface area contributed by atoms with E-state index in [2.05, 4.69) is 33.7 Å². The number of fused-ring (bicyclic) bond motifs is 1. The van der Waals surface area contributed by atoms with E-state index in [0.29, 0.717) is 18.3 Å². The molecule has 2 heterocycles. The zero-order valence-electron chi connectivity index (χ0n) is 12.3. The molecular formula is C17H17N3O2. The molecule has 1 aliphatic heterocycles. The Morgan fingerprint density at radius 1 is 1.14 bits per heavy atom. The van der Waals surface area contributed by atoms with Crippen LogP contribution in [0, 0.1) is 0 Å². The molecule has 1 aromatic heterocycles. The van der Waals surface area contributed by atoms with Gasteiger partial charge in [-0.3, -0.25) is 0 Å². The molecule has 3 aromatic rings. The lowest BCUT2D eigenvalue weighted by Gasteiger charge is -2.27. The first-order valence-corrected chi connectivity index (χ1v) is 7.49. The highest BCUT2D eigenvalue weighted by atomic mass is 16.5. The van der Waals surface area contributed by atoms with Crippen molar-refractivity contribution in [2.45, 2.75) is 19.1 Å². The Hall–Kier alpha value is -2.24. The predicted molar refractivity (Wildman–Crippen MR) is 83.4 cm³/mol. The molecule has 0 saturated carbocycles. The molecule has 4 rings (SSSR count). The lowest BCUT2D eigenvalue weighted by molar-refractivity contribution is -0.00136. The van der Waals surface area contributed by atoms with Gasteiger partial charge in [-0.1, -0.05) is 47.6 Å². The Kier molecular flexibility index (Phi) is 3.36. The topological polar surface area (TPSA) is 60.2 Å². The van der Waals surface area contributed by atoms with E-state index >= 15 is 0 Å². The molecule has 2 atom stereocenters. The summed E-state index contributed by atoms with van der Waals surface area (Å²) < 4.78 is 11.1. The molecule has 1 fully saturated rings. The van der Waals surface area contributed by atoms with Crippen molar-refractivity contribution in [2.75, 3.05) is 13.2 Å². The van der Waals surface area contributed by atoms with Gasteiger partial charge in [0.25, 0.3) is 0 Å². The second-order valence-corrected chi connectivity index (χ2v) is 5.49. The molecule has 0 unspecified atom stereocenters. The molecule has 112 valence electrons. The summed E-state index contributed by atoms with van der Waals surface area (Å²) in [7, 11) is 0. The SMILES string of the molecule is C[C@H]1OCCN[C@@H]1c1nc(-c2cccc3ccccc23)no1. The number of benzene rings is 2. The van der Waals surface area contributed by atoms with E-state index in [9.17, 15) is 0 Å². The van der Waals surface area contributed by atoms with Gasteiger partial charge in [-0.15, -0.1) is 0 Å².